The zero-order chi connectivity index (χ0) is 17.1. The second-order valence-electron chi connectivity index (χ2n) is 8.21. The van der Waals surface area contributed by atoms with Crippen molar-refractivity contribution in [3.8, 4) is 0 Å². The van der Waals surface area contributed by atoms with Crippen molar-refractivity contribution in [1.29, 1.82) is 0 Å². The van der Waals surface area contributed by atoms with Crippen LogP contribution in [0.1, 0.15) is 57.6 Å². The largest absolute Gasteiger partial charge is 0.378 e. The molecule has 1 aromatic rings. The molecule has 138 valence electrons. The van der Waals surface area contributed by atoms with Crippen molar-refractivity contribution in [1.82, 2.24) is 15.2 Å². The van der Waals surface area contributed by atoms with Gasteiger partial charge in [0.2, 0.25) is 0 Å². The number of likely N-dealkylation sites (tertiary alicyclic amines) is 1. The summed E-state index contributed by atoms with van der Waals surface area (Å²) in [6.45, 7) is 6.37. The highest BCUT2D eigenvalue weighted by atomic mass is 16.5. The van der Waals surface area contributed by atoms with E-state index in [0.29, 0.717) is 23.6 Å². The van der Waals surface area contributed by atoms with Crippen LogP contribution >= 0.6 is 0 Å². The smallest absolute Gasteiger partial charge is 0.0661 e. The Morgan fingerprint density at radius 2 is 2.04 bits per heavy atom. The standard InChI is InChI=1S/C21H33N3O/c1-2-25-20-15-19(21(20)10-4-5-11-21)23-17-8-13-24(14-9-17)16-18-7-3-6-12-22-18/h3,6-7,12,17,19-20,23H,2,4-5,8-11,13-16H2,1H3/t19-,20-/m0/s1. The highest BCUT2D eigenvalue weighted by molar-refractivity contribution is 5.11. The van der Waals surface area contributed by atoms with Crippen molar-refractivity contribution in [2.45, 2.75) is 76.6 Å². The van der Waals surface area contributed by atoms with Crippen molar-refractivity contribution < 1.29 is 4.74 Å². The fraction of sp³-hybridized carbons (Fsp3) is 0.762. The minimum atomic E-state index is 0.459. The molecule has 1 N–H and O–H groups in total. The first-order valence-corrected chi connectivity index (χ1v) is 10.3. The van der Waals surface area contributed by atoms with Crippen LogP contribution in [-0.4, -0.2) is 47.8 Å². The summed E-state index contributed by atoms with van der Waals surface area (Å²) in [6, 6.07) is 7.59. The van der Waals surface area contributed by atoms with Crippen LogP contribution in [0.25, 0.3) is 0 Å². The van der Waals surface area contributed by atoms with Gasteiger partial charge in [-0.3, -0.25) is 9.88 Å². The summed E-state index contributed by atoms with van der Waals surface area (Å²) in [5.74, 6) is 0. The average Bonchev–Trinajstić information content (AvgIpc) is 3.16. The Morgan fingerprint density at radius 3 is 2.72 bits per heavy atom. The predicted octanol–water partition coefficient (Wildman–Crippen LogP) is 3.37. The number of hydrogen-bond acceptors (Lipinski definition) is 4. The van der Waals surface area contributed by atoms with E-state index in [-0.39, 0.29) is 0 Å². The van der Waals surface area contributed by atoms with E-state index in [1.54, 1.807) is 0 Å². The van der Waals surface area contributed by atoms with E-state index in [0.717, 1.165) is 13.2 Å². The molecule has 2 heterocycles. The van der Waals surface area contributed by atoms with E-state index in [4.69, 9.17) is 4.74 Å². The molecular weight excluding hydrogens is 310 g/mol. The van der Waals surface area contributed by atoms with Gasteiger partial charge >= 0.3 is 0 Å². The number of rotatable bonds is 6. The molecule has 1 saturated heterocycles. The normalized spacial score (nSPS) is 29.8. The lowest BCUT2D eigenvalue weighted by atomic mass is 9.60. The molecule has 1 spiro atoms. The summed E-state index contributed by atoms with van der Waals surface area (Å²) in [5, 5.41) is 4.04. The molecule has 0 radical (unpaired) electrons. The minimum Gasteiger partial charge on any atom is -0.378 e. The van der Waals surface area contributed by atoms with Gasteiger partial charge in [0.1, 0.15) is 0 Å². The third kappa shape index (κ3) is 3.62. The second kappa shape index (κ2) is 7.73. The fourth-order valence-corrected chi connectivity index (χ4v) is 5.38. The zero-order valence-corrected chi connectivity index (χ0v) is 15.6. The number of ether oxygens (including phenoxy) is 1. The van der Waals surface area contributed by atoms with Crippen molar-refractivity contribution in [3.05, 3.63) is 30.1 Å². The Hall–Kier alpha value is -0.970. The first-order valence-electron chi connectivity index (χ1n) is 10.3. The van der Waals surface area contributed by atoms with Crippen LogP contribution in [0, 0.1) is 5.41 Å². The molecule has 3 aliphatic rings. The number of pyridine rings is 1. The fourth-order valence-electron chi connectivity index (χ4n) is 5.38. The van der Waals surface area contributed by atoms with Gasteiger partial charge in [-0.15, -0.1) is 0 Å². The summed E-state index contributed by atoms with van der Waals surface area (Å²) in [6.07, 6.45) is 11.7. The van der Waals surface area contributed by atoms with Crippen molar-refractivity contribution in [3.63, 3.8) is 0 Å². The van der Waals surface area contributed by atoms with Crippen LogP contribution in [-0.2, 0) is 11.3 Å². The Labute approximate surface area is 152 Å². The maximum Gasteiger partial charge on any atom is 0.0661 e. The maximum atomic E-state index is 6.06. The molecule has 4 heteroatoms. The van der Waals surface area contributed by atoms with Gasteiger partial charge in [-0.25, -0.2) is 0 Å². The zero-order valence-electron chi connectivity index (χ0n) is 15.6. The number of piperidine rings is 1. The van der Waals surface area contributed by atoms with Crippen molar-refractivity contribution in [2.24, 2.45) is 5.41 Å². The molecule has 0 unspecified atom stereocenters. The Kier molecular flexibility index (Phi) is 5.39. The quantitative estimate of drug-likeness (QED) is 0.859. The number of hydrogen-bond donors (Lipinski definition) is 1. The molecule has 4 nitrogen and oxygen atoms in total. The van der Waals surface area contributed by atoms with E-state index in [9.17, 15) is 0 Å². The SMILES string of the molecule is CCO[C@H]1C[C@H](NC2CCN(Cc3ccccn3)CC2)C12CCCC2. The van der Waals surface area contributed by atoms with Gasteiger partial charge in [0, 0.05) is 49.9 Å². The number of nitrogens with zero attached hydrogens (tertiary/aromatic N) is 2. The van der Waals surface area contributed by atoms with Crippen LogP contribution in [0.3, 0.4) is 0 Å². The van der Waals surface area contributed by atoms with Crippen LogP contribution in [0.5, 0.6) is 0 Å². The lowest BCUT2D eigenvalue weighted by Crippen LogP contribution is -2.65. The van der Waals surface area contributed by atoms with Gasteiger partial charge in [0.05, 0.1) is 11.8 Å². The van der Waals surface area contributed by atoms with Crippen molar-refractivity contribution in [2.75, 3.05) is 19.7 Å². The lowest BCUT2D eigenvalue weighted by molar-refractivity contribution is -0.133. The van der Waals surface area contributed by atoms with E-state index in [1.807, 2.05) is 12.3 Å². The third-order valence-corrected chi connectivity index (χ3v) is 6.82. The molecule has 0 bridgehead atoms. The molecule has 2 aliphatic carbocycles. The first-order chi connectivity index (χ1) is 12.3. The van der Waals surface area contributed by atoms with Gasteiger partial charge in [-0.05, 0) is 51.2 Å². The molecule has 2 atom stereocenters. The Morgan fingerprint density at radius 1 is 1.24 bits per heavy atom. The van der Waals surface area contributed by atoms with Gasteiger partial charge in [0.25, 0.3) is 0 Å². The van der Waals surface area contributed by atoms with Gasteiger partial charge in [-0.1, -0.05) is 18.9 Å². The highest BCUT2D eigenvalue weighted by Gasteiger charge is 2.56. The average molecular weight is 344 g/mol. The maximum absolute atomic E-state index is 6.06. The van der Waals surface area contributed by atoms with Crippen LogP contribution in [0.2, 0.25) is 0 Å². The number of aromatic nitrogens is 1. The molecule has 2 saturated carbocycles. The van der Waals surface area contributed by atoms with Gasteiger partial charge in [0.15, 0.2) is 0 Å². The molecule has 3 fully saturated rings. The molecule has 0 amide bonds. The topological polar surface area (TPSA) is 37.4 Å². The summed E-state index contributed by atoms with van der Waals surface area (Å²) >= 11 is 0. The van der Waals surface area contributed by atoms with E-state index in [2.05, 4.69) is 34.3 Å². The summed E-state index contributed by atoms with van der Waals surface area (Å²) in [5.41, 5.74) is 1.65. The summed E-state index contributed by atoms with van der Waals surface area (Å²) in [4.78, 5) is 7.02. The van der Waals surface area contributed by atoms with Crippen molar-refractivity contribution >= 4 is 0 Å². The molecule has 1 aromatic heterocycles. The van der Waals surface area contributed by atoms with E-state index >= 15 is 0 Å². The Bertz CT molecular complexity index is 535. The van der Waals surface area contributed by atoms with E-state index in [1.165, 1.54) is 63.7 Å². The molecule has 0 aromatic carbocycles. The first kappa shape index (κ1) is 17.4. The minimum absolute atomic E-state index is 0.459. The summed E-state index contributed by atoms with van der Waals surface area (Å²) < 4.78 is 6.06. The summed E-state index contributed by atoms with van der Waals surface area (Å²) in [7, 11) is 0. The molecule has 4 rings (SSSR count). The van der Waals surface area contributed by atoms with Crippen LogP contribution in [0.4, 0.5) is 0 Å². The molecule has 25 heavy (non-hydrogen) atoms. The van der Waals surface area contributed by atoms with Crippen LogP contribution in [0.15, 0.2) is 24.4 Å². The monoisotopic (exact) mass is 343 g/mol. The Balaban J connectivity index is 1.26. The van der Waals surface area contributed by atoms with E-state index < -0.39 is 0 Å². The third-order valence-electron chi connectivity index (χ3n) is 6.82. The second-order valence-corrected chi connectivity index (χ2v) is 8.21. The predicted molar refractivity (Wildman–Crippen MR) is 100 cm³/mol. The number of nitrogens with one attached hydrogen (secondary N) is 1. The highest BCUT2D eigenvalue weighted by Crippen LogP contribution is 2.55. The lowest BCUT2D eigenvalue weighted by Gasteiger charge is -2.55. The molecular formula is C21H33N3O. The van der Waals surface area contributed by atoms with Gasteiger partial charge in [-0.2, -0.15) is 0 Å². The van der Waals surface area contributed by atoms with Crippen LogP contribution < -0.4 is 5.32 Å². The molecule has 1 aliphatic heterocycles. The van der Waals surface area contributed by atoms with Gasteiger partial charge < -0.3 is 10.1 Å².